The number of benzene rings is 4. The van der Waals surface area contributed by atoms with Crippen LogP contribution in [0.2, 0.25) is 0 Å². The monoisotopic (exact) mass is 655 g/mol. The van der Waals surface area contributed by atoms with E-state index in [1.54, 1.807) is 0 Å². The van der Waals surface area contributed by atoms with E-state index in [9.17, 15) is 31.6 Å². The summed E-state index contributed by atoms with van der Waals surface area (Å²) in [6.45, 7) is 0. The van der Waals surface area contributed by atoms with E-state index in [1.165, 1.54) is 46.9 Å². The Morgan fingerprint density at radius 3 is 1.48 bits per heavy atom. The fourth-order valence-corrected chi connectivity index (χ4v) is 9.06. The van der Waals surface area contributed by atoms with Gasteiger partial charge >= 0.3 is 12.4 Å². The van der Waals surface area contributed by atoms with Crippen molar-refractivity contribution in [1.29, 1.82) is 10.7 Å². The average molecular weight is 656 g/mol. The molecule has 0 amide bonds. The summed E-state index contributed by atoms with van der Waals surface area (Å²) in [6, 6.07) is 21.0. The molecule has 224 valence electrons. The smallest absolute Gasteiger partial charge is 0.299 e. The normalized spacial score (nSPS) is 13.2. The van der Waals surface area contributed by atoms with Crippen molar-refractivity contribution < 1.29 is 26.3 Å². The van der Waals surface area contributed by atoms with Gasteiger partial charge in [-0.05, 0) is 69.4 Å². The molecular formula is C35H15F6N3S2. The minimum Gasteiger partial charge on any atom is -0.299 e. The average Bonchev–Trinajstić information content (AvgIpc) is 3.73. The second-order valence-electron chi connectivity index (χ2n) is 10.9. The second-order valence-corrected chi connectivity index (χ2v) is 12.9. The van der Waals surface area contributed by atoms with Gasteiger partial charge in [-0.1, -0.05) is 48.5 Å². The van der Waals surface area contributed by atoms with E-state index in [1.807, 2.05) is 42.6 Å². The van der Waals surface area contributed by atoms with Gasteiger partial charge in [-0.2, -0.15) is 36.6 Å². The summed E-state index contributed by atoms with van der Waals surface area (Å²) in [5.74, 6) is 0. The Bertz CT molecular complexity index is 2680. The zero-order chi connectivity index (χ0) is 32.1. The van der Waals surface area contributed by atoms with Crippen LogP contribution in [-0.2, 0) is 12.4 Å². The first-order valence-corrected chi connectivity index (χ1v) is 15.4. The number of nitrogens with one attached hydrogen (secondary N) is 1. The van der Waals surface area contributed by atoms with Crippen molar-refractivity contribution in [2.24, 2.45) is 4.99 Å². The van der Waals surface area contributed by atoms with Crippen LogP contribution in [0.4, 0.5) is 26.3 Å². The summed E-state index contributed by atoms with van der Waals surface area (Å²) in [5, 5.41) is 24.4. The molecule has 0 fully saturated rings. The first kappa shape index (κ1) is 28.4. The van der Waals surface area contributed by atoms with Crippen molar-refractivity contribution in [2.45, 2.75) is 12.4 Å². The van der Waals surface area contributed by atoms with Gasteiger partial charge in [-0.25, -0.2) is 0 Å². The number of hydrogen-bond acceptors (Lipinski definition) is 5. The zero-order valence-electron chi connectivity index (χ0n) is 23.1. The maximum Gasteiger partial charge on any atom is 0.416 e. The van der Waals surface area contributed by atoms with Crippen LogP contribution >= 0.6 is 22.7 Å². The fourth-order valence-electron chi connectivity index (χ4n) is 6.16. The molecule has 0 aliphatic heterocycles. The molecule has 0 saturated carbocycles. The summed E-state index contributed by atoms with van der Waals surface area (Å²) in [5.41, 5.74) is 1.16. The van der Waals surface area contributed by atoms with Gasteiger partial charge in [-0.3, -0.25) is 5.41 Å². The van der Waals surface area contributed by atoms with Gasteiger partial charge in [0.25, 0.3) is 0 Å². The van der Waals surface area contributed by atoms with E-state index in [4.69, 9.17) is 5.41 Å². The molecule has 3 nitrogen and oxygen atoms in total. The summed E-state index contributed by atoms with van der Waals surface area (Å²) >= 11 is 2.95. The fraction of sp³-hybridized carbons (Fsp3) is 0.0571. The molecular weight excluding hydrogens is 641 g/mol. The van der Waals surface area contributed by atoms with Gasteiger partial charge in [0, 0.05) is 21.5 Å². The van der Waals surface area contributed by atoms with Crippen molar-refractivity contribution in [3.8, 4) is 28.4 Å². The van der Waals surface area contributed by atoms with Crippen LogP contribution in [0, 0.1) is 16.9 Å². The van der Waals surface area contributed by atoms with E-state index in [2.05, 4.69) is 4.99 Å². The lowest BCUT2D eigenvalue weighted by Gasteiger charge is -2.08. The highest BCUT2D eigenvalue weighted by Gasteiger charge is 2.31. The van der Waals surface area contributed by atoms with Gasteiger partial charge in [0.2, 0.25) is 6.19 Å². The summed E-state index contributed by atoms with van der Waals surface area (Å²) < 4.78 is 82.0. The number of rotatable bonds is 2. The number of hydrogen-bond donors (Lipinski definition) is 1. The Morgan fingerprint density at radius 2 is 0.978 bits per heavy atom. The van der Waals surface area contributed by atoms with E-state index in [-0.39, 0.29) is 0 Å². The lowest BCUT2D eigenvalue weighted by Crippen LogP contribution is -2.04. The molecule has 0 saturated heterocycles. The van der Waals surface area contributed by atoms with Crippen LogP contribution in [0.15, 0.2) is 89.9 Å². The molecule has 0 radical (unpaired) electrons. The predicted molar refractivity (Wildman–Crippen MR) is 170 cm³/mol. The van der Waals surface area contributed by atoms with Crippen molar-refractivity contribution in [1.82, 2.24) is 0 Å². The number of thiophene rings is 2. The number of halogens is 6. The van der Waals surface area contributed by atoms with Gasteiger partial charge in [0.05, 0.1) is 35.3 Å². The Kier molecular flexibility index (Phi) is 6.01. The lowest BCUT2D eigenvalue weighted by molar-refractivity contribution is -0.138. The highest BCUT2D eigenvalue weighted by molar-refractivity contribution is 7.37. The lowest BCUT2D eigenvalue weighted by atomic mass is 10.0. The van der Waals surface area contributed by atoms with Crippen molar-refractivity contribution >= 4 is 73.8 Å². The van der Waals surface area contributed by atoms with Crippen LogP contribution in [0.3, 0.4) is 0 Å². The van der Waals surface area contributed by atoms with E-state index < -0.39 is 23.5 Å². The molecule has 0 aliphatic rings. The minimum atomic E-state index is -4.44. The van der Waals surface area contributed by atoms with E-state index in [0.29, 0.717) is 43.7 Å². The Morgan fingerprint density at radius 1 is 0.543 bits per heavy atom. The van der Waals surface area contributed by atoms with E-state index in [0.717, 1.165) is 64.6 Å². The van der Waals surface area contributed by atoms with Crippen molar-refractivity contribution in [2.75, 3.05) is 0 Å². The van der Waals surface area contributed by atoms with Gasteiger partial charge < -0.3 is 0 Å². The molecule has 2 aromatic heterocycles. The molecule has 1 N–H and O–H groups in total. The number of nitriles is 1. The third-order valence-electron chi connectivity index (χ3n) is 8.32. The number of fused-ring (bicyclic) bond motifs is 9. The molecule has 0 spiro atoms. The SMILES string of the molecule is N#CN=c1c2cc(-c3ccc(C(F)(F)F)cc3)ccc2c2c1sc1c2sc2c(=N)c3cc(-c4ccc(C(F)(F)F)cc4)ccc3c21. The maximum atomic E-state index is 13.1. The molecule has 0 bridgehead atoms. The molecule has 0 aliphatic carbocycles. The molecule has 8 rings (SSSR count). The van der Waals surface area contributed by atoms with Gasteiger partial charge in [0.1, 0.15) is 5.36 Å². The third kappa shape index (κ3) is 4.17. The third-order valence-corrected chi connectivity index (χ3v) is 10.9. The Labute approximate surface area is 262 Å². The van der Waals surface area contributed by atoms with E-state index >= 15 is 0 Å². The van der Waals surface area contributed by atoms with Gasteiger partial charge in [0.15, 0.2) is 0 Å². The molecule has 0 unspecified atom stereocenters. The quantitative estimate of drug-likeness (QED) is 0.146. The topological polar surface area (TPSA) is 60.0 Å². The highest BCUT2D eigenvalue weighted by atomic mass is 32.1. The zero-order valence-corrected chi connectivity index (χ0v) is 24.7. The Balaban J connectivity index is 1.29. The molecule has 6 aromatic carbocycles. The number of nitrogens with zero attached hydrogens (tertiary/aromatic N) is 2. The van der Waals surface area contributed by atoms with Gasteiger partial charge in [-0.15, -0.1) is 22.7 Å². The van der Waals surface area contributed by atoms with Crippen LogP contribution in [-0.4, -0.2) is 0 Å². The van der Waals surface area contributed by atoms with Crippen molar-refractivity contribution in [3.63, 3.8) is 0 Å². The Hall–Kier alpha value is -5.05. The summed E-state index contributed by atoms with van der Waals surface area (Å²) in [7, 11) is 0. The molecule has 11 heteroatoms. The summed E-state index contributed by atoms with van der Waals surface area (Å²) in [6.07, 6.45) is -6.96. The maximum absolute atomic E-state index is 13.1. The first-order chi connectivity index (χ1) is 21.9. The van der Waals surface area contributed by atoms with Crippen LogP contribution < -0.4 is 10.7 Å². The van der Waals surface area contributed by atoms with Crippen LogP contribution in [0.5, 0.6) is 0 Å². The molecule has 8 aromatic rings. The number of alkyl halides is 6. The molecule has 46 heavy (non-hydrogen) atoms. The summed E-state index contributed by atoms with van der Waals surface area (Å²) in [4.78, 5) is 4.16. The minimum absolute atomic E-state index is 0.336. The predicted octanol–water partition coefficient (Wildman–Crippen LogP) is 10.7. The molecule has 0 atom stereocenters. The second kappa shape index (κ2) is 9.72. The standard InChI is InChI=1S/C35H15F6N3S2/c36-34(37,38)20-7-1-16(2-8-20)18-5-11-22-24(13-18)28(43)30-26(22)32-33(45-30)27-23-12-6-19(14-25(23)29(44-15-42)31(27)46-32)17-3-9-21(10-4-17)35(39,40)41/h1-14,43H. The van der Waals surface area contributed by atoms with Crippen LogP contribution in [0.25, 0.3) is 73.4 Å². The van der Waals surface area contributed by atoms with Crippen LogP contribution in [0.1, 0.15) is 11.1 Å². The highest BCUT2D eigenvalue weighted by Crippen LogP contribution is 2.48. The first-order valence-electron chi connectivity index (χ1n) is 13.7. The largest absolute Gasteiger partial charge is 0.416 e. The molecule has 2 heterocycles. The van der Waals surface area contributed by atoms with Crippen molar-refractivity contribution in [3.05, 3.63) is 107 Å².